The third-order valence-corrected chi connectivity index (χ3v) is 6.23. The zero-order valence-electron chi connectivity index (χ0n) is 21.3. The van der Waals surface area contributed by atoms with Crippen LogP contribution in [0.5, 0.6) is 0 Å². The van der Waals surface area contributed by atoms with E-state index in [2.05, 4.69) is 32.7 Å². The second-order valence-electron chi connectivity index (χ2n) is 9.11. The quantitative estimate of drug-likeness (QED) is 0.221. The van der Waals surface area contributed by atoms with Crippen molar-refractivity contribution in [1.29, 1.82) is 0 Å². The Bertz CT molecular complexity index is 1430. The number of anilines is 1. The number of aromatic amines is 1. The van der Waals surface area contributed by atoms with E-state index in [1.165, 1.54) is 4.57 Å². The average Bonchev–Trinajstić information content (AvgIpc) is 3.27. The first-order chi connectivity index (χ1) is 17.9. The zero-order chi connectivity index (χ0) is 26.2. The molecule has 2 aromatic carbocycles. The standard InChI is InChI=1S/C28H34N6O3/c1-19-14-31-25-7-6-22(13-24(19)25)16-32-26(35)17-34-20(2)15-33-27(28(34)36)30-10-8-21-4-3-5-23(12-21)18-37-11-9-29/h3-7,12-15,31H,8-11,16-18,29H2,1-2H3,(H,30,33)(H,32,35). The summed E-state index contributed by atoms with van der Waals surface area (Å²) in [5.41, 5.74) is 11.2. The minimum atomic E-state index is -0.316. The SMILES string of the molecule is Cc1c[nH]c2ccc(CNC(=O)Cn3c(C)cnc(NCCc4cccc(COCCN)c4)c3=O)cc12. The number of benzene rings is 2. The molecule has 0 fully saturated rings. The molecular weight excluding hydrogens is 468 g/mol. The highest BCUT2D eigenvalue weighted by molar-refractivity contribution is 5.83. The highest BCUT2D eigenvalue weighted by Gasteiger charge is 2.12. The van der Waals surface area contributed by atoms with Gasteiger partial charge in [-0.2, -0.15) is 0 Å². The number of hydrogen-bond donors (Lipinski definition) is 4. The van der Waals surface area contributed by atoms with Crippen LogP contribution in [0.25, 0.3) is 10.9 Å². The predicted octanol–water partition coefficient (Wildman–Crippen LogP) is 2.79. The van der Waals surface area contributed by atoms with E-state index >= 15 is 0 Å². The molecule has 0 aliphatic rings. The Morgan fingerprint density at radius 1 is 1.14 bits per heavy atom. The summed E-state index contributed by atoms with van der Waals surface area (Å²) in [6.07, 6.45) is 4.29. The second kappa shape index (κ2) is 12.3. The minimum absolute atomic E-state index is 0.0713. The van der Waals surface area contributed by atoms with Gasteiger partial charge in [0, 0.05) is 48.6 Å². The van der Waals surface area contributed by atoms with Gasteiger partial charge in [0.05, 0.1) is 13.2 Å². The molecule has 2 aromatic heterocycles. The predicted molar refractivity (Wildman–Crippen MR) is 145 cm³/mol. The molecule has 4 aromatic rings. The lowest BCUT2D eigenvalue weighted by Crippen LogP contribution is -2.34. The number of carbonyl (C=O) groups excluding carboxylic acids is 1. The third-order valence-electron chi connectivity index (χ3n) is 6.23. The van der Waals surface area contributed by atoms with Crippen molar-refractivity contribution in [2.75, 3.05) is 25.0 Å². The summed E-state index contributed by atoms with van der Waals surface area (Å²) in [4.78, 5) is 33.2. The van der Waals surface area contributed by atoms with Gasteiger partial charge in [-0.05, 0) is 54.7 Å². The summed E-state index contributed by atoms with van der Waals surface area (Å²) in [5, 5.41) is 7.18. The average molecular weight is 503 g/mol. The normalized spacial score (nSPS) is 11.1. The lowest BCUT2D eigenvalue weighted by molar-refractivity contribution is -0.121. The van der Waals surface area contributed by atoms with Crippen LogP contribution in [0.2, 0.25) is 0 Å². The molecule has 9 heteroatoms. The molecular formula is C28H34N6O3. The van der Waals surface area contributed by atoms with E-state index in [1.54, 1.807) is 13.1 Å². The van der Waals surface area contributed by atoms with Gasteiger partial charge < -0.3 is 26.1 Å². The van der Waals surface area contributed by atoms with Crippen molar-refractivity contribution in [3.05, 3.63) is 93.2 Å². The van der Waals surface area contributed by atoms with E-state index in [9.17, 15) is 9.59 Å². The molecule has 0 aliphatic carbocycles. The molecule has 1 amide bonds. The fourth-order valence-corrected chi connectivity index (χ4v) is 4.18. The van der Waals surface area contributed by atoms with Gasteiger partial charge in [0.25, 0.3) is 5.56 Å². The van der Waals surface area contributed by atoms with E-state index in [0.29, 0.717) is 45.0 Å². The molecule has 0 saturated carbocycles. The van der Waals surface area contributed by atoms with Gasteiger partial charge in [-0.3, -0.25) is 14.2 Å². The van der Waals surface area contributed by atoms with Crippen molar-refractivity contribution in [3.8, 4) is 0 Å². The molecule has 0 radical (unpaired) electrons. The lowest BCUT2D eigenvalue weighted by Gasteiger charge is -2.13. The molecule has 194 valence electrons. The summed E-state index contributed by atoms with van der Waals surface area (Å²) in [7, 11) is 0. The first-order valence-electron chi connectivity index (χ1n) is 12.4. The van der Waals surface area contributed by atoms with Crippen LogP contribution in [0.3, 0.4) is 0 Å². The van der Waals surface area contributed by atoms with Gasteiger partial charge in [-0.25, -0.2) is 4.98 Å². The van der Waals surface area contributed by atoms with Crippen LogP contribution in [0.15, 0.2) is 59.7 Å². The van der Waals surface area contributed by atoms with Crippen LogP contribution in [0.1, 0.15) is 27.9 Å². The number of ether oxygens (including phenoxy) is 1. The first-order valence-corrected chi connectivity index (χ1v) is 12.4. The van der Waals surface area contributed by atoms with Crippen molar-refractivity contribution in [2.45, 2.75) is 40.0 Å². The van der Waals surface area contributed by atoms with Crippen LogP contribution in [-0.2, 0) is 35.6 Å². The number of H-pyrrole nitrogens is 1. The van der Waals surface area contributed by atoms with E-state index in [1.807, 2.05) is 43.5 Å². The number of carbonyl (C=O) groups is 1. The summed E-state index contributed by atoms with van der Waals surface area (Å²) in [6, 6.07) is 14.2. The molecule has 0 spiro atoms. The Balaban J connectivity index is 1.33. The molecule has 0 saturated heterocycles. The van der Waals surface area contributed by atoms with Gasteiger partial charge >= 0.3 is 0 Å². The Morgan fingerprint density at radius 3 is 2.81 bits per heavy atom. The molecule has 0 bridgehead atoms. The monoisotopic (exact) mass is 502 g/mol. The first kappa shape index (κ1) is 26.1. The van der Waals surface area contributed by atoms with Gasteiger partial charge in [0.2, 0.25) is 5.91 Å². The fourth-order valence-electron chi connectivity index (χ4n) is 4.18. The Kier molecular flexibility index (Phi) is 8.71. The summed E-state index contributed by atoms with van der Waals surface area (Å²) >= 11 is 0. The van der Waals surface area contributed by atoms with E-state index in [-0.39, 0.29) is 23.8 Å². The number of nitrogens with two attached hydrogens (primary N) is 1. The highest BCUT2D eigenvalue weighted by atomic mass is 16.5. The number of hydrogen-bond acceptors (Lipinski definition) is 6. The molecule has 37 heavy (non-hydrogen) atoms. The molecule has 5 N–H and O–H groups in total. The summed E-state index contributed by atoms with van der Waals surface area (Å²) in [5.74, 6) is -0.00359. The zero-order valence-corrected chi connectivity index (χ0v) is 21.3. The maximum atomic E-state index is 13.0. The number of aryl methyl sites for hydroxylation is 2. The molecule has 4 rings (SSSR count). The largest absolute Gasteiger partial charge is 0.375 e. The van der Waals surface area contributed by atoms with Crippen LogP contribution in [0, 0.1) is 13.8 Å². The Labute approximate surface area is 216 Å². The smallest absolute Gasteiger partial charge is 0.293 e. The summed E-state index contributed by atoms with van der Waals surface area (Å²) < 4.78 is 6.95. The van der Waals surface area contributed by atoms with Crippen LogP contribution in [0.4, 0.5) is 5.82 Å². The van der Waals surface area contributed by atoms with Crippen LogP contribution < -0.4 is 21.9 Å². The molecule has 2 heterocycles. The van der Waals surface area contributed by atoms with Gasteiger partial charge in [0.15, 0.2) is 5.82 Å². The lowest BCUT2D eigenvalue weighted by atomic mass is 10.1. The maximum absolute atomic E-state index is 13.0. The number of rotatable bonds is 12. The topological polar surface area (TPSA) is 127 Å². The fraction of sp³-hybridized carbons (Fsp3) is 0.321. The van der Waals surface area contributed by atoms with E-state index in [4.69, 9.17) is 10.5 Å². The van der Waals surface area contributed by atoms with Gasteiger partial charge in [0.1, 0.15) is 6.54 Å². The van der Waals surface area contributed by atoms with Crippen LogP contribution in [-0.4, -0.2) is 40.1 Å². The number of amides is 1. The highest BCUT2D eigenvalue weighted by Crippen LogP contribution is 2.18. The molecule has 9 nitrogen and oxygen atoms in total. The maximum Gasteiger partial charge on any atom is 0.293 e. The molecule has 0 atom stereocenters. The van der Waals surface area contributed by atoms with E-state index in [0.717, 1.165) is 33.2 Å². The number of fused-ring (bicyclic) bond motifs is 1. The van der Waals surface area contributed by atoms with Crippen LogP contribution >= 0.6 is 0 Å². The van der Waals surface area contributed by atoms with Crippen molar-refractivity contribution in [1.82, 2.24) is 19.9 Å². The van der Waals surface area contributed by atoms with Crippen molar-refractivity contribution >= 4 is 22.6 Å². The van der Waals surface area contributed by atoms with Crippen molar-refractivity contribution in [3.63, 3.8) is 0 Å². The second-order valence-corrected chi connectivity index (χ2v) is 9.11. The number of aromatic nitrogens is 3. The van der Waals surface area contributed by atoms with Gasteiger partial charge in [-0.1, -0.05) is 30.3 Å². The molecule has 0 aliphatic heterocycles. The third kappa shape index (κ3) is 6.84. The Hall–Kier alpha value is -3.95. The Morgan fingerprint density at radius 2 is 1.97 bits per heavy atom. The van der Waals surface area contributed by atoms with Crippen molar-refractivity contribution < 1.29 is 9.53 Å². The number of nitrogens with zero attached hydrogens (tertiary/aromatic N) is 2. The van der Waals surface area contributed by atoms with Crippen molar-refractivity contribution in [2.24, 2.45) is 5.73 Å². The number of nitrogens with one attached hydrogen (secondary N) is 3. The van der Waals surface area contributed by atoms with E-state index < -0.39 is 0 Å². The molecule has 0 unspecified atom stereocenters. The minimum Gasteiger partial charge on any atom is -0.375 e. The van der Waals surface area contributed by atoms with Gasteiger partial charge in [-0.15, -0.1) is 0 Å². The summed E-state index contributed by atoms with van der Waals surface area (Å²) in [6.45, 7) is 6.21.